The Morgan fingerprint density at radius 3 is 2.67 bits per heavy atom. The summed E-state index contributed by atoms with van der Waals surface area (Å²) in [6, 6.07) is 8.13. The van der Waals surface area contributed by atoms with Gasteiger partial charge in [-0.2, -0.15) is 4.31 Å². The molecule has 1 aliphatic rings. The van der Waals surface area contributed by atoms with E-state index in [0.29, 0.717) is 37.6 Å². The number of nitrogens with one attached hydrogen (secondary N) is 1. The number of anilines is 1. The molecule has 1 fully saturated rings. The summed E-state index contributed by atoms with van der Waals surface area (Å²) in [5.41, 5.74) is 1.03. The first-order valence-electron chi connectivity index (χ1n) is 7.51. The van der Waals surface area contributed by atoms with E-state index in [1.807, 2.05) is 6.92 Å². The Hall–Kier alpha value is -1.74. The van der Waals surface area contributed by atoms with Crippen molar-refractivity contribution in [2.24, 2.45) is 0 Å². The third-order valence-corrected chi connectivity index (χ3v) is 6.45. The Morgan fingerprint density at radius 1 is 1.25 bits per heavy atom. The second-order valence-electron chi connectivity index (χ2n) is 5.44. The van der Waals surface area contributed by atoms with Gasteiger partial charge in [-0.1, -0.05) is 6.07 Å². The van der Waals surface area contributed by atoms with Gasteiger partial charge in [-0.25, -0.2) is 8.42 Å². The molecule has 0 spiro atoms. The Kier molecular flexibility index (Phi) is 5.00. The Morgan fingerprint density at radius 2 is 2.00 bits per heavy atom. The summed E-state index contributed by atoms with van der Waals surface area (Å²) in [5.74, 6) is -0.250. The molecule has 3 rings (SSSR count). The van der Waals surface area contributed by atoms with E-state index in [-0.39, 0.29) is 10.8 Å². The average molecular weight is 366 g/mol. The van der Waals surface area contributed by atoms with Crippen molar-refractivity contribution in [1.29, 1.82) is 0 Å². The number of thiophene rings is 1. The summed E-state index contributed by atoms with van der Waals surface area (Å²) in [7, 11) is -3.58. The minimum Gasteiger partial charge on any atom is -0.379 e. The molecule has 8 heteroatoms. The number of morpholine rings is 1. The fraction of sp³-hybridized carbons (Fsp3) is 0.312. The van der Waals surface area contributed by atoms with Gasteiger partial charge >= 0.3 is 0 Å². The summed E-state index contributed by atoms with van der Waals surface area (Å²) in [6.07, 6.45) is 0. The molecule has 0 radical (unpaired) electrons. The van der Waals surface area contributed by atoms with Gasteiger partial charge in [-0.15, -0.1) is 11.3 Å². The van der Waals surface area contributed by atoms with Crippen LogP contribution in [0.2, 0.25) is 0 Å². The van der Waals surface area contributed by atoms with Crippen molar-refractivity contribution in [2.75, 3.05) is 31.6 Å². The normalized spacial score (nSPS) is 16.0. The van der Waals surface area contributed by atoms with Gasteiger partial charge in [0.25, 0.3) is 5.91 Å². The van der Waals surface area contributed by atoms with Crippen molar-refractivity contribution in [3.05, 3.63) is 46.2 Å². The van der Waals surface area contributed by atoms with Crippen molar-refractivity contribution in [3.8, 4) is 0 Å². The van der Waals surface area contributed by atoms with E-state index in [9.17, 15) is 13.2 Å². The maximum Gasteiger partial charge on any atom is 0.256 e. The Bertz CT molecular complexity index is 839. The van der Waals surface area contributed by atoms with Gasteiger partial charge in [0.2, 0.25) is 10.0 Å². The van der Waals surface area contributed by atoms with Crippen molar-refractivity contribution in [2.45, 2.75) is 11.8 Å². The molecule has 1 aromatic carbocycles. The van der Waals surface area contributed by atoms with E-state index in [1.54, 1.807) is 23.6 Å². The van der Waals surface area contributed by atoms with Crippen LogP contribution in [-0.2, 0) is 14.8 Å². The lowest BCUT2D eigenvalue weighted by atomic mass is 10.2. The van der Waals surface area contributed by atoms with Gasteiger partial charge in [-0.05, 0) is 31.2 Å². The van der Waals surface area contributed by atoms with Crippen LogP contribution in [-0.4, -0.2) is 44.9 Å². The zero-order chi connectivity index (χ0) is 17.2. The molecule has 24 heavy (non-hydrogen) atoms. The number of aryl methyl sites for hydroxylation is 1. The highest BCUT2D eigenvalue weighted by molar-refractivity contribution is 7.89. The largest absolute Gasteiger partial charge is 0.379 e. The molecule has 1 aromatic heterocycles. The molecule has 0 aliphatic carbocycles. The molecule has 1 aliphatic heterocycles. The molecule has 1 N–H and O–H groups in total. The van der Waals surface area contributed by atoms with Gasteiger partial charge in [-0.3, -0.25) is 4.79 Å². The SMILES string of the molecule is Cc1cc(C(=O)Nc2cccc(S(=O)(=O)N3CCOCC3)c2)cs1. The van der Waals surface area contributed by atoms with Crippen molar-refractivity contribution < 1.29 is 17.9 Å². The van der Waals surface area contributed by atoms with Gasteiger partial charge in [0, 0.05) is 29.0 Å². The van der Waals surface area contributed by atoms with E-state index in [2.05, 4.69) is 5.32 Å². The number of carbonyl (C=O) groups excluding carboxylic acids is 1. The van der Waals surface area contributed by atoms with Gasteiger partial charge in [0.1, 0.15) is 0 Å². The summed E-state index contributed by atoms with van der Waals surface area (Å²) in [6.45, 7) is 3.40. The van der Waals surface area contributed by atoms with Crippen LogP contribution in [0.15, 0.2) is 40.6 Å². The van der Waals surface area contributed by atoms with Crippen LogP contribution >= 0.6 is 11.3 Å². The van der Waals surface area contributed by atoms with Crippen LogP contribution in [0.5, 0.6) is 0 Å². The number of hydrogen-bond acceptors (Lipinski definition) is 5. The first-order valence-corrected chi connectivity index (χ1v) is 9.83. The van der Waals surface area contributed by atoms with Crippen LogP contribution in [0.4, 0.5) is 5.69 Å². The van der Waals surface area contributed by atoms with Crippen molar-refractivity contribution >= 4 is 33.0 Å². The molecular weight excluding hydrogens is 348 g/mol. The highest BCUT2D eigenvalue weighted by atomic mass is 32.2. The third-order valence-electron chi connectivity index (χ3n) is 3.69. The highest BCUT2D eigenvalue weighted by Crippen LogP contribution is 2.21. The van der Waals surface area contributed by atoms with Crippen molar-refractivity contribution in [3.63, 3.8) is 0 Å². The zero-order valence-corrected chi connectivity index (χ0v) is 14.8. The first-order chi connectivity index (χ1) is 11.5. The molecule has 2 aromatic rings. The van der Waals surface area contributed by atoms with E-state index in [0.717, 1.165) is 4.88 Å². The predicted molar refractivity (Wildman–Crippen MR) is 93.0 cm³/mol. The molecule has 0 saturated carbocycles. The maximum atomic E-state index is 12.7. The fourth-order valence-corrected chi connectivity index (χ4v) is 4.57. The van der Waals surface area contributed by atoms with E-state index < -0.39 is 10.0 Å². The van der Waals surface area contributed by atoms with Crippen LogP contribution in [0.3, 0.4) is 0 Å². The summed E-state index contributed by atoms with van der Waals surface area (Å²) in [4.78, 5) is 13.4. The Balaban J connectivity index is 1.80. The number of rotatable bonds is 4. The van der Waals surface area contributed by atoms with Crippen LogP contribution in [0.1, 0.15) is 15.2 Å². The number of sulfonamides is 1. The van der Waals surface area contributed by atoms with Gasteiger partial charge < -0.3 is 10.1 Å². The average Bonchev–Trinajstić information content (AvgIpc) is 3.02. The van der Waals surface area contributed by atoms with E-state index in [1.165, 1.54) is 27.8 Å². The quantitative estimate of drug-likeness (QED) is 0.901. The molecule has 6 nitrogen and oxygen atoms in total. The summed E-state index contributed by atoms with van der Waals surface area (Å²) in [5, 5.41) is 4.52. The predicted octanol–water partition coefficient (Wildman–Crippen LogP) is 2.33. The topological polar surface area (TPSA) is 75.7 Å². The minimum atomic E-state index is -3.58. The Labute approximate surface area is 145 Å². The molecule has 0 atom stereocenters. The number of benzene rings is 1. The molecule has 1 saturated heterocycles. The lowest BCUT2D eigenvalue weighted by molar-refractivity contribution is 0.0730. The van der Waals surface area contributed by atoms with Crippen LogP contribution in [0.25, 0.3) is 0 Å². The number of amides is 1. The van der Waals surface area contributed by atoms with E-state index >= 15 is 0 Å². The smallest absolute Gasteiger partial charge is 0.256 e. The fourth-order valence-electron chi connectivity index (χ4n) is 2.44. The second kappa shape index (κ2) is 7.02. The molecular formula is C16H18N2O4S2. The maximum absolute atomic E-state index is 12.7. The molecule has 0 unspecified atom stereocenters. The molecule has 2 heterocycles. The summed E-state index contributed by atoms with van der Waals surface area (Å²) >= 11 is 1.49. The number of hydrogen-bond donors (Lipinski definition) is 1. The van der Waals surface area contributed by atoms with Crippen LogP contribution in [0, 0.1) is 6.92 Å². The van der Waals surface area contributed by atoms with Gasteiger partial charge in [0.15, 0.2) is 0 Å². The molecule has 1 amide bonds. The zero-order valence-electron chi connectivity index (χ0n) is 13.2. The van der Waals surface area contributed by atoms with Crippen molar-refractivity contribution in [1.82, 2.24) is 4.31 Å². The lowest BCUT2D eigenvalue weighted by Gasteiger charge is -2.26. The minimum absolute atomic E-state index is 0.170. The summed E-state index contributed by atoms with van der Waals surface area (Å²) < 4.78 is 31.9. The number of nitrogens with zero attached hydrogens (tertiary/aromatic N) is 1. The standard InChI is InChI=1S/C16H18N2O4S2/c1-12-9-13(11-23-12)16(19)17-14-3-2-4-15(10-14)24(20,21)18-5-7-22-8-6-18/h2-4,9-11H,5-8H2,1H3,(H,17,19). The monoisotopic (exact) mass is 366 g/mol. The highest BCUT2D eigenvalue weighted by Gasteiger charge is 2.26. The number of carbonyl (C=O) groups is 1. The molecule has 128 valence electrons. The van der Waals surface area contributed by atoms with E-state index in [4.69, 9.17) is 4.74 Å². The van der Waals surface area contributed by atoms with Crippen LogP contribution < -0.4 is 5.32 Å². The lowest BCUT2D eigenvalue weighted by Crippen LogP contribution is -2.40. The second-order valence-corrected chi connectivity index (χ2v) is 8.50. The third kappa shape index (κ3) is 3.67. The number of ether oxygens (including phenoxy) is 1. The van der Waals surface area contributed by atoms with Gasteiger partial charge in [0.05, 0.1) is 23.7 Å². The first kappa shape index (κ1) is 17.1. The molecule has 0 bridgehead atoms.